The van der Waals surface area contributed by atoms with Gasteiger partial charge >= 0.3 is 0 Å². The largest absolute Gasteiger partial charge is 0.497 e. The second-order valence-corrected chi connectivity index (χ2v) is 3.45. The van der Waals surface area contributed by atoms with Gasteiger partial charge in [-0.05, 0) is 24.6 Å². The van der Waals surface area contributed by atoms with E-state index in [0.717, 1.165) is 12.4 Å². The third-order valence-corrected chi connectivity index (χ3v) is 2.39. The zero-order valence-electron chi connectivity index (χ0n) is 7.83. The number of methoxy groups -OCH3 is 1. The number of nitrogens with one attached hydrogen (secondary N) is 1. The van der Waals surface area contributed by atoms with Gasteiger partial charge in [0.1, 0.15) is 5.75 Å². The van der Waals surface area contributed by atoms with Gasteiger partial charge in [0, 0.05) is 0 Å². The van der Waals surface area contributed by atoms with Crippen LogP contribution in [0.5, 0.6) is 5.75 Å². The summed E-state index contributed by atoms with van der Waals surface area (Å²) in [6.07, 6.45) is 0. The topological polar surface area (TPSA) is 30.5 Å². The molecule has 1 N–H and O–H groups in total. The molecule has 1 aromatic carbocycles. The van der Waals surface area contributed by atoms with Crippen LogP contribution in [0.2, 0.25) is 0 Å². The number of benzene rings is 1. The van der Waals surface area contributed by atoms with Crippen LogP contribution in [-0.4, -0.2) is 13.7 Å². The smallest absolute Gasteiger partial charge is 0.118 e. The predicted octanol–water partition coefficient (Wildman–Crippen LogP) is 1.45. The highest BCUT2D eigenvalue weighted by molar-refractivity contribution is 5.32. The molecular weight excluding hydrogens is 166 g/mol. The third-order valence-electron chi connectivity index (χ3n) is 2.39. The summed E-state index contributed by atoms with van der Waals surface area (Å²) in [6.45, 7) is 2.83. The molecule has 3 nitrogen and oxygen atoms in total. The fourth-order valence-electron chi connectivity index (χ4n) is 1.39. The van der Waals surface area contributed by atoms with E-state index in [9.17, 15) is 0 Å². The van der Waals surface area contributed by atoms with Crippen molar-refractivity contribution >= 4 is 0 Å². The maximum absolute atomic E-state index is 5.08. The van der Waals surface area contributed by atoms with E-state index < -0.39 is 0 Å². The van der Waals surface area contributed by atoms with Crippen molar-refractivity contribution in [2.45, 2.75) is 12.5 Å². The van der Waals surface area contributed by atoms with Gasteiger partial charge in [-0.3, -0.25) is 4.84 Å². The van der Waals surface area contributed by atoms with E-state index in [1.54, 1.807) is 7.11 Å². The molecule has 0 amide bonds. The second-order valence-electron chi connectivity index (χ2n) is 3.45. The minimum atomic E-state index is -0.0216. The van der Waals surface area contributed by atoms with Crippen molar-refractivity contribution in [3.05, 3.63) is 29.8 Å². The average Bonchev–Trinajstić information content (AvgIpc) is 2.14. The summed E-state index contributed by atoms with van der Waals surface area (Å²) in [4.78, 5) is 4.97. The molecule has 0 aliphatic carbocycles. The lowest BCUT2D eigenvalue weighted by molar-refractivity contribution is -0.155. The second kappa shape index (κ2) is 3.01. The van der Waals surface area contributed by atoms with Crippen molar-refractivity contribution < 1.29 is 9.57 Å². The van der Waals surface area contributed by atoms with Crippen molar-refractivity contribution in [3.63, 3.8) is 0 Å². The molecule has 1 unspecified atom stereocenters. The first-order valence-electron chi connectivity index (χ1n) is 4.28. The standard InChI is InChI=1S/C10H13NO2/c1-10(7-13-11-10)8-3-5-9(12-2)6-4-8/h3-6,11H,7H2,1-2H3. The minimum Gasteiger partial charge on any atom is -0.497 e. The molecule has 1 aliphatic rings. The summed E-state index contributed by atoms with van der Waals surface area (Å²) < 4.78 is 5.08. The van der Waals surface area contributed by atoms with E-state index in [1.807, 2.05) is 24.3 Å². The lowest BCUT2D eigenvalue weighted by Gasteiger charge is -2.39. The van der Waals surface area contributed by atoms with Gasteiger partial charge in [-0.1, -0.05) is 12.1 Å². The summed E-state index contributed by atoms with van der Waals surface area (Å²) in [5.41, 5.74) is 4.14. The molecule has 1 aliphatic heterocycles. The Balaban J connectivity index is 2.22. The highest BCUT2D eigenvalue weighted by atomic mass is 16.7. The van der Waals surface area contributed by atoms with Gasteiger partial charge < -0.3 is 4.74 Å². The zero-order chi connectivity index (χ0) is 9.31. The molecule has 0 saturated carbocycles. The van der Waals surface area contributed by atoms with Crippen molar-refractivity contribution in [3.8, 4) is 5.75 Å². The molecule has 2 rings (SSSR count). The van der Waals surface area contributed by atoms with E-state index in [1.165, 1.54) is 5.56 Å². The summed E-state index contributed by atoms with van der Waals surface area (Å²) in [5.74, 6) is 0.882. The van der Waals surface area contributed by atoms with Gasteiger partial charge in [0.15, 0.2) is 0 Å². The highest BCUT2D eigenvalue weighted by Crippen LogP contribution is 2.27. The summed E-state index contributed by atoms with van der Waals surface area (Å²) in [7, 11) is 1.67. The molecule has 13 heavy (non-hydrogen) atoms. The first kappa shape index (κ1) is 8.53. The van der Waals surface area contributed by atoms with Crippen LogP contribution in [0.1, 0.15) is 12.5 Å². The zero-order valence-corrected chi connectivity index (χ0v) is 7.83. The van der Waals surface area contributed by atoms with E-state index in [-0.39, 0.29) is 5.54 Å². The minimum absolute atomic E-state index is 0.0216. The molecule has 1 fully saturated rings. The van der Waals surface area contributed by atoms with Crippen LogP contribution in [0, 0.1) is 0 Å². The molecule has 0 bridgehead atoms. The van der Waals surface area contributed by atoms with Crippen LogP contribution >= 0.6 is 0 Å². The predicted molar refractivity (Wildman–Crippen MR) is 49.4 cm³/mol. The molecule has 0 spiro atoms. The number of hydrogen-bond acceptors (Lipinski definition) is 3. The Morgan fingerprint density at radius 2 is 2.00 bits per heavy atom. The van der Waals surface area contributed by atoms with Crippen LogP contribution in [0.15, 0.2) is 24.3 Å². The highest BCUT2D eigenvalue weighted by Gasteiger charge is 2.34. The Bertz CT molecular complexity index is 290. The van der Waals surface area contributed by atoms with E-state index in [0.29, 0.717) is 0 Å². The van der Waals surface area contributed by atoms with Gasteiger partial charge in [-0.25, -0.2) is 0 Å². The Labute approximate surface area is 77.6 Å². The van der Waals surface area contributed by atoms with Crippen LogP contribution in [0.4, 0.5) is 0 Å². The van der Waals surface area contributed by atoms with Gasteiger partial charge in [0.25, 0.3) is 0 Å². The molecule has 0 aromatic heterocycles. The van der Waals surface area contributed by atoms with Gasteiger partial charge in [-0.15, -0.1) is 0 Å². The Hall–Kier alpha value is -1.06. The fourth-order valence-corrected chi connectivity index (χ4v) is 1.39. The number of hydrogen-bond donors (Lipinski definition) is 1. The SMILES string of the molecule is COc1ccc(C2(C)CON2)cc1. The summed E-state index contributed by atoms with van der Waals surface area (Å²) in [6, 6.07) is 8.02. The van der Waals surface area contributed by atoms with Crippen LogP contribution in [0.3, 0.4) is 0 Å². The fraction of sp³-hybridized carbons (Fsp3) is 0.400. The molecule has 70 valence electrons. The monoisotopic (exact) mass is 179 g/mol. The molecule has 1 atom stereocenters. The Kier molecular flexibility index (Phi) is 1.98. The Morgan fingerprint density at radius 1 is 1.38 bits per heavy atom. The van der Waals surface area contributed by atoms with Crippen LogP contribution in [0.25, 0.3) is 0 Å². The first-order chi connectivity index (χ1) is 6.24. The quantitative estimate of drug-likeness (QED) is 0.745. The third kappa shape index (κ3) is 1.41. The first-order valence-corrected chi connectivity index (χ1v) is 4.28. The van der Waals surface area contributed by atoms with Crippen LogP contribution < -0.4 is 10.2 Å². The van der Waals surface area contributed by atoms with E-state index in [2.05, 4.69) is 12.4 Å². The lowest BCUT2D eigenvalue weighted by Crippen LogP contribution is -2.54. The van der Waals surface area contributed by atoms with Crippen molar-refractivity contribution in [2.24, 2.45) is 0 Å². The number of ether oxygens (including phenoxy) is 1. The molecule has 1 aromatic rings. The summed E-state index contributed by atoms with van der Waals surface area (Å²) >= 11 is 0. The normalized spacial score (nSPS) is 26.6. The van der Waals surface area contributed by atoms with Crippen molar-refractivity contribution in [1.29, 1.82) is 0 Å². The number of rotatable bonds is 2. The molecule has 1 heterocycles. The average molecular weight is 179 g/mol. The van der Waals surface area contributed by atoms with Gasteiger partial charge in [0.05, 0.1) is 19.3 Å². The van der Waals surface area contributed by atoms with Gasteiger partial charge in [-0.2, -0.15) is 5.48 Å². The molecule has 3 heteroatoms. The molecule has 0 radical (unpaired) electrons. The van der Waals surface area contributed by atoms with Gasteiger partial charge in [0.2, 0.25) is 0 Å². The van der Waals surface area contributed by atoms with Crippen LogP contribution in [-0.2, 0) is 10.4 Å². The Morgan fingerprint density at radius 3 is 2.38 bits per heavy atom. The number of hydroxylamine groups is 1. The van der Waals surface area contributed by atoms with E-state index >= 15 is 0 Å². The van der Waals surface area contributed by atoms with E-state index in [4.69, 9.17) is 9.57 Å². The maximum atomic E-state index is 5.08. The molecular formula is C10H13NO2. The maximum Gasteiger partial charge on any atom is 0.118 e. The molecule has 1 saturated heterocycles. The van der Waals surface area contributed by atoms with Crippen molar-refractivity contribution in [1.82, 2.24) is 5.48 Å². The van der Waals surface area contributed by atoms with Crippen molar-refractivity contribution in [2.75, 3.05) is 13.7 Å². The lowest BCUT2D eigenvalue weighted by atomic mass is 9.92. The summed E-state index contributed by atoms with van der Waals surface area (Å²) in [5, 5.41) is 0.